The van der Waals surface area contributed by atoms with Crippen molar-refractivity contribution in [2.24, 2.45) is 0 Å². The van der Waals surface area contributed by atoms with Crippen LogP contribution in [0.1, 0.15) is 17.2 Å². The number of aliphatic hydroxyl groups excluding tert-OH is 1. The van der Waals surface area contributed by atoms with Crippen molar-refractivity contribution in [3.8, 4) is 0 Å². The molecule has 1 nitrogen and oxygen atoms in total. The number of halogens is 2. The van der Waals surface area contributed by atoms with Gasteiger partial charge >= 0.3 is 0 Å². The summed E-state index contributed by atoms with van der Waals surface area (Å²) in [5.41, 5.74) is 1.47. The second-order valence-electron chi connectivity index (χ2n) is 3.51. The van der Waals surface area contributed by atoms with Crippen LogP contribution in [-0.4, -0.2) is 5.11 Å². The number of hydrogen-bond donors (Lipinski definition) is 1. The lowest BCUT2D eigenvalue weighted by molar-refractivity contribution is 0.220. The molecule has 0 amide bonds. The summed E-state index contributed by atoms with van der Waals surface area (Å²) in [4.78, 5) is 0. The average Bonchev–Trinajstić information content (AvgIpc) is 2.30. The van der Waals surface area contributed by atoms with E-state index in [1.54, 1.807) is 12.1 Å². The number of benzene rings is 2. The van der Waals surface area contributed by atoms with Gasteiger partial charge < -0.3 is 5.11 Å². The van der Waals surface area contributed by atoms with Crippen molar-refractivity contribution < 1.29 is 9.50 Å². The molecule has 0 bridgehead atoms. The normalized spacial score (nSPS) is 12.4. The van der Waals surface area contributed by atoms with Gasteiger partial charge in [0.15, 0.2) is 0 Å². The van der Waals surface area contributed by atoms with Crippen LogP contribution in [0, 0.1) is 5.82 Å². The molecule has 0 aromatic heterocycles. The van der Waals surface area contributed by atoms with Gasteiger partial charge in [0.2, 0.25) is 0 Å². The molecule has 0 spiro atoms. The lowest BCUT2D eigenvalue weighted by atomic mass is 10.0. The van der Waals surface area contributed by atoms with Crippen LogP contribution in [0.25, 0.3) is 0 Å². The summed E-state index contributed by atoms with van der Waals surface area (Å²) in [6, 6.07) is 13.2. The number of hydrogen-bond acceptors (Lipinski definition) is 1. The molecular formula is C13H10BrFO. The zero-order chi connectivity index (χ0) is 11.5. The van der Waals surface area contributed by atoms with Crippen LogP contribution in [-0.2, 0) is 0 Å². The fourth-order valence-electron chi connectivity index (χ4n) is 1.48. The number of rotatable bonds is 2. The smallest absolute Gasteiger partial charge is 0.123 e. The van der Waals surface area contributed by atoms with Crippen LogP contribution in [0.4, 0.5) is 4.39 Å². The Bertz CT molecular complexity index is 419. The third-order valence-electron chi connectivity index (χ3n) is 2.37. The van der Waals surface area contributed by atoms with Crippen molar-refractivity contribution in [3.63, 3.8) is 0 Å². The highest BCUT2D eigenvalue weighted by Gasteiger charge is 2.09. The van der Waals surface area contributed by atoms with Gasteiger partial charge in [0, 0.05) is 4.47 Å². The average molecular weight is 281 g/mol. The van der Waals surface area contributed by atoms with E-state index in [1.807, 2.05) is 24.3 Å². The van der Waals surface area contributed by atoms with E-state index >= 15 is 0 Å². The Morgan fingerprint density at radius 3 is 1.81 bits per heavy atom. The van der Waals surface area contributed by atoms with E-state index < -0.39 is 6.10 Å². The minimum Gasteiger partial charge on any atom is -0.384 e. The molecule has 82 valence electrons. The Hall–Kier alpha value is -1.19. The molecule has 3 heteroatoms. The Kier molecular flexibility index (Phi) is 3.36. The molecule has 0 aliphatic rings. The molecule has 0 aliphatic carbocycles. The van der Waals surface area contributed by atoms with Gasteiger partial charge in [-0.3, -0.25) is 0 Å². The van der Waals surface area contributed by atoms with E-state index in [0.29, 0.717) is 5.56 Å². The molecule has 2 aromatic rings. The predicted molar refractivity (Wildman–Crippen MR) is 64.6 cm³/mol. The second kappa shape index (κ2) is 4.76. The van der Waals surface area contributed by atoms with Gasteiger partial charge in [0.1, 0.15) is 11.9 Å². The predicted octanol–water partition coefficient (Wildman–Crippen LogP) is 3.67. The van der Waals surface area contributed by atoms with Gasteiger partial charge in [-0.15, -0.1) is 0 Å². The van der Waals surface area contributed by atoms with Crippen LogP contribution < -0.4 is 0 Å². The molecule has 0 aliphatic heterocycles. The van der Waals surface area contributed by atoms with E-state index in [0.717, 1.165) is 10.0 Å². The van der Waals surface area contributed by atoms with Crippen molar-refractivity contribution in [3.05, 3.63) is 69.9 Å². The Morgan fingerprint density at radius 2 is 1.31 bits per heavy atom. The molecule has 0 heterocycles. The van der Waals surface area contributed by atoms with E-state index in [1.165, 1.54) is 12.1 Å². The van der Waals surface area contributed by atoms with Gasteiger partial charge in [-0.2, -0.15) is 0 Å². The molecule has 2 rings (SSSR count). The zero-order valence-electron chi connectivity index (χ0n) is 8.40. The zero-order valence-corrected chi connectivity index (χ0v) is 9.99. The molecule has 1 atom stereocenters. The Balaban J connectivity index is 2.28. The minimum atomic E-state index is -0.714. The summed E-state index contributed by atoms with van der Waals surface area (Å²) in [6.45, 7) is 0. The highest BCUT2D eigenvalue weighted by Crippen LogP contribution is 2.23. The van der Waals surface area contributed by atoms with Gasteiger partial charge in [0.05, 0.1) is 0 Å². The largest absolute Gasteiger partial charge is 0.384 e. The second-order valence-corrected chi connectivity index (χ2v) is 4.42. The summed E-state index contributed by atoms with van der Waals surface area (Å²) in [7, 11) is 0. The standard InChI is InChI=1S/C13H10BrFO/c14-11-5-1-9(2-6-11)13(16)10-3-7-12(15)8-4-10/h1-8,13,16H. The van der Waals surface area contributed by atoms with E-state index in [-0.39, 0.29) is 5.82 Å². The Morgan fingerprint density at radius 1 is 0.875 bits per heavy atom. The first-order chi connectivity index (χ1) is 7.66. The Labute approximate surface area is 102 Å². The summed E-state index contributed by atoms with van der Waals surface area (Å²) in [5.74, 6) is -0.299. The minimum absolute atomic E-state index is 0.299. The molecule has 1 unspecified atom stereocenters. The van der Waals surface area contributed by atoms with Gasteiger partial charge in [-0.1, -0.05) is 40.2 Å². The maximum Gasteiger partial charge on any atom is 0.123 e. The first-order valence-electron chi connectivity index (χ1n) is 4.86. The fourth-order valence-corrected chi connectivity index (χ4v) is 1.75. The van der Waals surface area contributed by atoms with Crippen LogP contribution in [0.3, 0.4) is 0 Å². The van der Waals surface area contributed by atoms with Gasteiger partial charge in [-0.05, 0) is 35.4 Å². The van der Waals surface area contributed by atoms with E-state index in [4.69, 9.17) is 0 Å². The van der Waals surface area contributed by atoms with Crippen molar-refractivity contribution in [1.82, 2.24) is 0 Å². The molecule has 2 aromatic carbocycles. The van der Waals surface area contributed by atoms with Crippen LogP contribution >= 0.6 is 15.9 Å². The summed E-state index contributed by atoms with van der Waals surface area (Å²) in [5, 5.41) is 10.0. The molecule has 0 saturated heterocycles. The maximum atomic E-state index is 12.7. The summed E-state index contributed by atoms with van der Waals surface area (Å²) >= 11 is 3.33. The molecule has 0 saturated carbocycles. The van der Waals surface area contributed by atoms with Crippen molar-refractivity contribution in [1.29, 1.82) is 0 Å². The van der Waals surface area contributed by atoms with Gasteiger partial charge in [0.25, 0.3) is 0 Å². The molecule has 16 heavy (non-hydrogen) atoms. The lowest BCUT2D eigenvalue weighted by Crippen LogP contribution is -1.99. The SMILES string of the molecule is OC(c1ccc(F)cc1)c1ccc(Br)cc1. The summed E-state index contributed by atoms with van der Waals surface area (Å²) < 4.78 is 13.7. The molecule has 1 N–H and O–H groups in total. The van der Waals surface area contributed by atoms with Crippen molar-refractivity contribution in [2.75, 3.05) is 0 Å². The van der Waals surface area contributed by atoms with Crippen LogP contribution in [0.15, 0.2) is 53.0 Å². The van der Waals surface area contributed by atoms with Crippen LogP contribution in [0.2, 0.25) is 0 Å². The topological polar surface area (TPSA) is 20.2 Å². The van der Waals surface area contributed by atoms with Crippen molar-refractivity contribution >= 4 is 15.9 Å². The third-order valence-corrected chi connectivity index (χ3v) is 2.90. The summed E-state index contributed by atoms with van der Waals surface area (Å²) in [6.07, 6.45) is -0.714. The quantitative estimate of drug-likeness (QED) is 0.890. The molecule has 0 radical (unpaired) electrons. The molecule has 0 fully saturated rings. The monoisotopic (exact) mass is 280 g/mol. The first kappa shape index (κ1) is 11.3. The highest BCUT2D eigenvalue weighted by molar-refractivity contribution is 9.10. The van der Waals surface area contributed by atoms with Crippen LogP contribution in [0.5, 0.6) is 0 Å². The maximum absolute atomic E-state index is 12.7. The van der Waals surface area contributed by atoms with E-state index in [2.05, 4.69) is 15.9 Å². The highest BCUT2D eigenvalue weighted by atomic mass is 79.9. The third kappa shape index (κ3) is 2.49. The molecular weight excluding hydrogens is 271 g/mol. The fraction of sp³-hybridized carbons (Fsp3) is 0.0769. The number of aliphatic hydroxyl groups is 1. The lowest BCUT2D eigenvalue weighted by Gasteiger charge is -2.11. The van der Waals surface area contributed by atoms with Gasteiger partial charge in [-0.25, -0.2) is 4.39 Å². The first-order valence-corrected chi connectivity index (χ1v) is 5.65. The van der Waals surface area contributed by atoms with Crippen molar-refractivity contribution in [2.45, 2.75) is 6.10 Å². The van der Waals surface area contributed by atoms with E-state index in [9.17, 15) is 9.50 Å².